The first-order chi connectivity index (χ1) is 6.73. The number of hydrogen-bond donors (Lipinski definition) is 1. The molecule has 0 aromatic heterocycles. The van der Waals surface area contributed by atoms with Crippen molar-refractivity contribution >= 4 is 0 Å². The topological polar surface area (TPSA) is 12.0 Å². The van der Waals surface area contributed by atoms with Crippen LogP contribution < -0.4 is 5.31 Å². The van der Waals surface area contributed by atoms with Gasteiger partial charge >= 0.3 is 20.1 Å². The van der Waals surface area contributed by atoms with Crippen LogP contribution in [0.2, 0.25) is 1.41 Å². The van der Waals surface area contributed by atoms with Crippen LogP contribution in [0.1, 0.15) is 13.0 Å². The molecule has 2 rings (SSSR count). The van der Waals surface area contributed by atoms with Crippen LogP contribution in [0.5, 0.6) is 0 Å². The molecular formula is C11H11IrN+3. The molecule has 0 spiro atoms. The van der Waals surface area contributed by atoms with Gasteiger partial charge in [-0.3, -0.25) is 0 Å². The molecule has 0 aliphatic carbocycles. The molecule has 2 heteroatoms. The number of benzene rings is 1. The third-order valence-electron chi connectivity index (χ3n) is 1.73. The maximum absolute atomic E-state index is 8.17. The van der Waals surface area contributed by atoms with Gasteiger partial charge in [0.2, 0.25) is 0 Å². The summed E-state index contributed by atoms with van der Waals surface area (Å²) in [5.41, 5.74) is 0.801. The molecule has 1 aromatic carbocycles. The fraction of sp³-hybridized carbons (Fsp3) is 0.0909. The molecule has 1 aromatic rings. The standard InChI is InChI=1S/C11H11N.Ir/c1-2-6-10(7-3-1)11-8-4-5-9-12-11;/h1-9,11-12H;/q;+3/i11D;/hD. The Balaban J connectivity index is 0.00000112. The predicted molar refractivity (Wildman–Crippen MR) is 50.6 cm³/mol. The third-order valence-corrected chi connectivity index (χ3v) is 1.73. The van der Waals surface area contributed by atoms with E-state index in [2.05, 4.69) is 0 Å². The third kappa shape index (κ3) is 2.55. The maximum atomic E-state index is 8.17. The van der Waals surface area contributed by atoms with Crippen molar-refractivity contribution in [2.75, 3.05) is 0 Å². The quantitative estimate of drug-likeness (QED) is 0.819. The Labute approximate surface area is 94.8 Å². The Kier molecular flexibility index (Phi) is 2.90. The van der Waals surface area contributed by atoms with Crippen LogP contribution in [0.3, 0.4) is 0 Å². The van der Waals surface area contributed by atoms with Crippen molar-refractivity contribution in [1.82, 2.24) is 5.31 Å². The van der Waals surface area contributed by atoms with Crippen molar-refractivity contribution in [3.8, 4) is 0 Å². The molecule has 1 atom stereocenters. The molecule has 1 nitrogen and oxygen atoms in total. The van der Waals surface area contributed by atoms with Gasteiger partial charge in [0.1, 0.15) is 0 Å². The smallest absolute Gasteiger partial charge is 0.381 e. The van der Waals surface area contributed by atoms with E-state index in [9.17, 15) is 0 Å². The van der Waals surface area contributed by atoms with Gasteiger partial charge in [-0.2, -0.15) is 0 Å². The SMILES string of the molecule is [2H]N1C=CC=CC1([2H])c1ccccc1.[Ir+3]. The van der Waals surface area contributed by atoms with E-state index in [1.165, 1.54) is 0 Å². The summed E-state index contributed by atoms with van der Waals surface area (Å²) in [7, 11) is 0. The van der Waals surface area contributed by atoms with E-state index in [4.69, 9.17) is 2.78 Å². The van der Waals surface area contributed by atoms with Crippen LogP contribution in [0, 0.1) is 0 Å². The van der Waals surface area contributed by atoms with Crippen LogP contribution in [-0.2, 0) is 20.1 Å². The minimum Gasteiger partial charge on any atom is -0.381 e. The Morgan fingerprint density at radius 2 is 2.00 bits per heavy atom. The second-order valence-electron chi connectivity index (χ2n) is 2.58. The summed E-state index contributed by atoms with van der Waals surface area (Å²) >= 11 is 0. The first-order valence-electron chi connectivity index (χ1n) is 4.88. The molecule has 13 heavy (non-hydrogen) atoms. The Bertz CT molecular complexity index is 377. The second kappa shape index (κ2) is 5.00. The first-order valence-corrected chi connectivity index (χ1v) is 3.93. The molecule has 1 aliphatic heterocycles. The predicted octanol–water partition coefficient (Wildman–Crippen LogP) is 2.40. The molecule has 1 unspecified atom stereocenters. The average Bonchev–Trinajstić information content (AvgIpc) is 2.24. The minimum atomic E-state index is -1.09. The Hall–Kier alpha value is -0.851. The zero-order valence-electron chi connectivity index (χ0n) is 8.98. The first kappa shape index (κ1) is 7.54. The Morgan fingerprint density at radius 3 is 2.69 bits per heavy atom. The van der Waals surface area contributed by atoms with Crippen molar-refractivity contribution in [2.24, 2.45) is 0 Å². The molecule has 1 N–H and O–H groups in total. The Morgan fingerprint density at radius 1 is 1.23 bits per heavy atom. The van der Waals surface area contributed by atoms with Gasteiger partial charge in [0.05, 0.1) is 7.39 Å². The van der Waals surface area contributed by atoms with Crippen molar-refractivity contribution < 1.29 is 22.9 Å². The van der Waals surface area contributed by atoms with E-state index >= 15 is 0 Å². The van der Waals surface area contributed by atoms with Gasteiger partial charge in [0.15, 0.2) is 1.41 Å². The number of allylic oxidation sites excluding steroid dienone is 2. The summed E-state index contributed by atoms with van der Waals surface area (Å²) < 4.78 is 15.8. The van der Waals surface area contributed by atoms with E-state index in [1.54, 1.807) is 24.4 Å². The van der Waals surface area contributed by atoms with Crippen molar-refractivity contribution in [1.29, 1.82) is 0 Å². The molecule has 0 saturated carbocycles. The zero-order valence-corrected chi connectivity index (χ0v) is 9.37. The fourth-order valence-corrected chi connectivity index (χ4v) is 1.14. The zero-order chi connectivity index (χ0) is 10.0. The summed E-state index contributed by atoms with van der Waals surface area (Å²) in [6.07, 6.45) is 6.84. The minimum absolute atomic E-state index is 0. The normalized spacial score (nSPS) is 27.5. The molecule has 0 saturated heterocycles. The van der Waals surface area contributed by atoms with Gasteiger partial charge in [0, 0.05) is 0 Å². The molecule has 66 valence electrons. The number of rotatable bonds is 1. The van der Waals surface area contributed by atoms with Crippen LogP contribution >= 0.6 is 0 Å². The van der Waals surface area contributed by atoms with Gasteiger partial charge < -0.3 is 5.31 Å². The number of hydrogen-bond acceptors (Lipinski definition) is 1. The van der Waals surface area contributed by atoms with Gasteiger partial charge in [-0.15, -0.1) is 0 Å². The largest absolute Gasteiger partial charge is 3.00 e. The summed E-state index contributed by atoms with van der Waals surface area (Å²) in [6.45, 7) is 0. The summed E-state index contributed by atoms with van der Waals surface area (Å²) in [5, 5.41) is 1.14. The monoisotopic (exact) mass is 352 g/mol. The van der Waals surface area contributed by atoms with Crippen LogP contribution in [0.4, 0.5) is 0 Å². The van der Waals surface area contributed by atoms with Gasteiger partial charge in [-0.1, -0.05) is 42.5 Å². The van der Waals surface area contributed by atoms with E-state index in [-0.39, 0.29) is 20.1 Å². The number of nitrogens with one attached hydrogen (secondary N) is 1. The van der Waals surface area contributed by atoms with Crippen LogP contribution in [0.15, 0.2) is 54.8 Å². The number of dihydropyridines is 1. The fourth-order valence-electron chi connectivity index (χ4n) is 1.14. The summed E-state index contributed by atoms with van der Waals surface area (Å²) in [6, 6.07) is 8.30. The molecule has 1 aliphatic rings. The van der Waals surface area contributed by atoms with Crippen LogP contribution in [0.25, 0.3) is 0 Å². The molecule has 1 heterocycles. The average molecular weight is 351 g/mol. The van der Waals surface area contributed by atoms with Gasteiger partial charge in [-0.25, -0.2) is 0 Å². The second-order valence-corrected chi connectivity index (χ2v) is 2.58. The van der Waals surface area contributed by atoms with E-state index in [0.717, 1.165) is 10.9 Å². The van der Waals surface area contributed by atoms with Crippen molar-refractivity contribution in [3.05, 3.63) is 60.3 Å². The molecule has 0 bridgehead atoms. The van der Waals surface area contributed by atoms with E-state index in [0.29, 0.717) is 0 Å². The van der Waals surface area contributed by atoms with Gasteiger partial charge in [-0.05, 0) is 17.8 Å². The summed E-state index contributed by atoms with van der Waals surface area (Å²) in [4.78, 5) is 0. The van der Waals surface area contributed by atoms with Gasteiger partial charge in [0.25, 0.3) is 0 Å². The van der Waals surface area contributed by atoms with E-state index < -0.39 is 6.02 Å². The molecule has 0 fully saturated rings. The maximum Gasteiger partial charge on any atom is 3.00 e. The molecule has 0 amide bonds. The van der Waals surface area contributed by atoms with Crippen molar-refractivity contribution in [3.63, 3.8) is 0 Å². The summed E-state index contributed by atoms with van der Waals surface area (Å²) in [5.74, 6) is 0. The molecular weight excluding hydrogens is 338 g/mol. The van der Waals surface area contributed by atoms with Crippen molar-refractivity contribution in [2.45, 2.75) is 6.02 Å². The molecule has 0 radical (unpaired) electrons. The van der Waals surface area contributed by atoms with Crippen LogP contribution in [-0.4, -0.2) is 0 Å². The van der Waals surface area contributed by atoms with E-state index in [1.807, 2.05) is 30.3 Å².